The summed E-state index contributed by atoms with van der Waals surface area (Å²) < 4.78 is 7.61. The molecule has 0 spiro atoms. The lowest BCUT2D eigenvalue weighted by atomic mass is 9.94. The van der Waals surface area contributed by atoms with Crippen LogP contribution in [0.3, 0.4) is 0 Å². The second kappa shape index (κ2) is 7.07. The predicted octanol–water partition coefficient (Wildman–Crippen LogP) is 1.94. The summed E-state index contributed by atoms with van der Waals surface area (Å²) in [5.74, 6) is 1.43. The summed E-state index contributed by atoms with van der Waals surface area (Å²) >= 11 is 0. The minimum absolute atomic E-state index is 0.326. The molecule has 5 nitrogen and oxygen atoms in total. The van der Waals surface area contributed by atoms with E-state index in [2.05, 4.69) is 14.5 Å². The van der Waals surface area contributed by atoms with Crippen LogP contribution in [0.15, 0.2) is 18.7 Å². The average molecular weight is 291 g/mol. The number of piperidine rings is 1. The number of aromatic nitrogens is 2. The summed E-state index contributed by atoms with van der Waals surface area (Å²) in [4.78, 5) is 18.5. The van der Waals surface area contributed by atoms with Gasteiger partial charge >= 0.3 is 0 Å². The van der Waals surface area contributed by atoms with E-state index in [-0.39, 0.29) is 0 Å². The molecule has 2 aliphatic rings. The predicted molar refractivity (Wildman–Crippen MR) is 79.7 cm³/mol. The van der Waals surface area contributed by atoms with E-state index in [1.807, 2.05) is 18.7 Å². The lowest BCUT2D eigenvalue weighted by Crippen LogP contribution is -2.40. The van der Waals surface area contributed by atoms with Gasteiger partial charge in [-0.05, 0) is 37.5 Å². The van der Waals surface area contributed by atoms with E-state index in [0.717, 1.165) is 58.5 Å². The molecule has 3 heterocycles. The molecule has 0 radical (unpaired) electrons. The molecule has 1 aromatic rings. The number of hydrogen-bond donors (Lipinski definition) is 0. The molecule has 0 bridgehead atoms. The number of rotatable bonds is 4. The molecule has 0 aromatic carbocycles. The Labute approximate surface area is 126 Å². The zero-order chi connectivity index (χ0) is 14.5. The molecule has 5 heteroatoms. The third-order valence-electron chi connectivity index (χ3n) is 4.71. The molecule has 0 aliphatic carbocycles. The number of hydrogen-bond acceptors (Lipinski definition) is 3. The Morgan fingerprint density at radius 1 is 1.24 bits per heavy atom. The van der Waals surface area contributed by atoms with Crippen LogP contribution in [0, 0.1) is 11.8 Å². The van der Waals surface area contributed by atoms with E-state index in [1.165, 1.54) is 0 Å². The van der Waals surface area contributed by atoms with Crippen molar-refractivity contribution in [3.63, 3.8) is 0 Å². The Bertz CT molecular complexity index is 432. The normalized spacial score (nSPS) is 24.2. The second-order valence-electron chi connectivity index (χ2n) is 6.37. The van der Waals surface area contributed by atoms with Gasteiger partial charge in [0, 0.05) is 51.7 Å². The Hall–Kier alpha value is -1.36. The number of carbonyl (C=O) groups is 1. The molecule has 1 atom stereocenters. The van der Waals surface area contributed by atoms with E-state index in [0.29, 0.717) is 24.2 Å². The van der Waals surface area contributed by atoms with Crippen LogP contribution >= 0.6 is 0 Å². The van der Waals surface area contributed by atoms with E-state index in [9.17, 15) is 4.79 Å². The van der Waals surface area contributed by atoms with Crippen LogP contribution in [0.2, 0.25) is 0 Å². The Morgan fingerprint density at radius 2 is 2.10 bits per heavy atom. The van der Waals surface area contributed by atoms with Crippen molar-refractivity contribution in [2.75, 3.05) is 26.3 Å². The molecule has 1 amide bonds. The van der Waals surface area contributed by atoms with Crippen molar-refractivity contribution < 1.29 is 9.53 Å². The molecular weight excluding hydrogens is 266 g/mol. The molecule has 2 saturated heterocycles. The molecule has 2 fully saturated rings. The van der Waals surface area contributed by atoms with E-state index >= 15 is 0 Å². The quantitative estimate of drug-likeness (QED) is 0.851. The molecule has 3 rings (SSSR count). The fourth-order valence-corrected chi connectivity index (χ4v) is 3.40. The maximum absolute atomic E-state index is 12.3. The van der Waals surface area contributed by atoms with Gasteiger partial charge in [0.2, 0.25) is 5.91 Å². The van der Waals surface area contributed by atoms with Crippen LogP contribution < -0.4 is 0 Å². The first kappa shape index (κ1) is 14.6. The topological polar surface area (TPSA) is 47.4 Å². The van der Waals surface area contributed by atoms with Gasteiger partial charge < -0.3 is 14.2 Å². The lowest BCUT2D eigenvalue weighted by molar-refractivity contribution is -0.134. The first-order valence-corrected chi connectivity index (χ1v) is 8.12. The summed E-state index contributed by atoms with van der Waals surface area (Å²) in [6.45, 7) is 4.48. The first-order valence-electron chi connectivity index (χ1n) is 8.12. The molecule has 0 N–H and O–H groups in total. The van der Waals surface area contributed by atoms with Crippen molar-refractivity contribution in [2.45, 2.75) is 38.6 Å². The number of imidazole rings is 1. The minimum atomic E-state index is 0.326. The van der Waals surface area contributed by atoms with Crippen LogP contribution in [-0.4, -0.2) is 46.7 Å². The zero-order valence-corrected chi connectivity index (χ0v) is 12.6. The molecule has 116 valence electrons. The van der Waals surface area contributed by atoms with Gasteiger partial charge in [-0.15, -0.1) is 0 Å². The molecular formula is C16H25N3O2. The second-order valence-corrected chi connectivity index (χ2v) is 6.37. The van der Waals surface area contributed by atoms with Crippen molar-refractivity contribution in [1.29, 1.82) is 0 Å². The molecule has 0 saturated carbocycles. The van der Waals surface area contributed by atoms with E-state index < -0.39 is 0 Å². The van der Waals surface area contributed by atoms with E-state index in [4.69, 9.17) is 4.74 Å². The Balaban J connectivity index is 1.41. The third-order valence-corrected chi connectivity index (χ3v) is 4.71. The Morgan fingerprint density at radius 3 is 2.76 bits per heavy atom. The van der Waals surface area contributed by atoms with Crippen LogP contribution in [0.5, 0.6) is 0 Å². The average Bonchev–Trinajstić information content (AvgIpc) is 3.02. The van der Waals surface area contributed by atoms with Crippen LogP contribution in [0.4, 0.5) is 0 Å². The number of ether oxygens (including phenoxy) is 1. The highest BCUT2D eigenvalue weighted by Crippen LogP contribution is 2.22. The highest BCUT2D eigenvalue weighted by Gasteiger charge is 2.25. The first-order chi connectivity index (χ1) is 10.3. The van der Waals surface area contributed by atoms with Gasteiger partial charge in [-0.1, -0.05) is 0 Å². The van der Waals surface area contributed by atoms with Gasteiger partial charge in [-0.2, -0.15) is 0 Å². The van der Waals surface area contributed by atoms with Gasteiger partial charge in [0.05, 0.1) is 6.33 Å². The standard InChI is InChI=1S/C16H25N3O2/c20-16(10-15-2-1-9-21-12-15)19-6-3-14(4-7-19)11-18-8-5-17-13-18/h5,8,13-15H,1-4,6-7,9-12H2. The van der Waals surface area contributed by atoms with Crippen LogP contribution in [0.1, 0.15) is 32.1 Å². The largest absolute Gasteiger partial charge is 0.381 e. The number of nitrogens with zero attached hydrogens (tertiary/aromatic N) is 3. The van der Waals surface area contributed by atoms with Gasteiger partial charge in [0.1, 0.15) is 0 Å². The third kappa shape index (κ3) is 4.06. The molecule has 21 heavy (non-hydrogen) atoms. The van der Waals surface area contributed by atoms with Crippen molar-refractivity contribution in [1.82, 2.24) is 14.5 Å². The monoisotopic (exact) mass is 291 g/mol. The number of carbonyl (C=O) groups excluding carboxylic acids is 1. The van der Waals surface area contributed by atoms with Crippen molar-refractivity contribution >= 4 is 5.91 Å². The summed E-state index contributed by atoms with van der Waals surface area (Å²) in [6, 6.07) is 0. The lowest BCUT2D eigenvalue weighted by Gasteiger charge is -2.33. The minimum Gasteiger partial charge on any atom is -0.381 e. The molecule has 1 unspecified atom stereocenters. The van der Waals surface area contributed by atoms with Gasteiger partial charge in [0.15, 0.2) is 0 Å². The summed E-state index contributed by atoms with van der Waals surface area (Å²) in [6.07, 6.45) is 10.8. The number of likely N-dealkylation sites (tertiary alicyclic amines) is 1. The highest BCUT2D eigenvalue weighted by molar-refractivity contribution is 5.76. The van der Waals surface area contributed by atoms with Crippen LogP contribution in [-0.2, 0) is 16.1 Å². The maximum Gasteiger partial charge on any atom is 0.222 e. The van der Waals surface area contributed by atoms with E-state index in [1.54, 1.807) is 0 Å². The maximum atomic E-state index is 12.3. The Kier molecular flexibility index (Phi) is 4.91. The summed E-state index contributed by atoms with van der Waals surface area (Å²) in [7, 11) is 0. The summed E-state index contributed by atoms with van der Waals surface area (Å²) in [5, 5.41) is 0. The van der Waals surface area contributed by atoms with Crippen molar-refractivity contribution in [2.24, 2.45) is 11.8 Å². The zero-order valence-electron chi connectivity index (χ0n) is 12.6. The molecule has 1 aromatic heterocycles. The van der Waals surface area contributed by atoms with Gasteiger partial charge in [-0.25, -0.2) is 4.98 Å². The van der Waals surface area contributed by atoms with Crippen LogP contribution in [0.25, 0.3) is 0 Å². The fraction of sp³-hybridized carbons (Fsp3) is 0.750. The smallest absolute Gasteiger partial charge is 0.222 e. The van der Waals surface area contributed by atoms with Gasteiger partial charge in [-0.3, -0.25) is 4.79 Å². The molecule has 2 aliphatic heterocycles. The van der Waals surface area contributed by atoms with Crippen molar-refractivity contribution in [3.8, 4) is 0 Å². The highest BCUT2D eigenvalue weighted by atomic mass is 16.5. The van der Waals surface area contributed by atoms with Crippen molar-refractivity contribution in [3.05, 3.63) is 18.7 Å². The fourth-order valence-electron chi connectivity index (χ4n) is 3.40. The van der Waals surface area contributed by atoms with Gasteiger partial charge in [0.25, 0.3) is 0 Å². The summed E-state index contributed by atoms with van der Waals surface area (Å²) in [5.41, 5.74) is 0. The SMILES string of the molecule is O=C(CC1CCCOC1)N1CCC(Cn2ccnc2)CC1. The number of amides is 1.